The fraction of sp³-hybridized carbons (Fsp3) is 0.381. The van der Waals surface area contributed by atoms with Crippen LogP contribution < -0.4 is 5.32 Å². The van der Waals surface area contributed by atoms with Gasteiger partial charge < -0.3 is 5.32 Å². The SMILES string of the molecule is CCc1cccc(-c2cc3c(cc2C(C)=O)NCCC3(C)C)c1. The van der Waals surface area contributed by atoms with Crippen LogP contribution in [-0.2, 0) is 11.8 Å². The van der Waals surface area contributed by atoms with E-state index in [2.05, 4.69) is 56.4 Å². The fourth-order valence-electron chi connectivity index (χ4n) is 3.44. The van der Waals surface area contributed by atoms with Crippen LogP contribution in [0.2, 0.25) is 0 Å². The second-order valence-corrected chi connectivity index (χ2v) is 7.11. The zero-order valence-electron chi connectivity index (χ0n) is 14.5. The Kier molecular flexibility index (Phi) is 4.01. The van der Waals surface area contributed by atoms with E-state index in [0.717, 1.165) is 41.8 Å². The molecule has 0 bridgehead atoms. The van der Waals surface area contributed by atoms with E-state index in [4.69, 9.17) is 0 Å². The maximum atomic E-state index is 12.2. The second-order valence-electron chi connectivity index (χ2n) is 7.11. The van der Waals surface area contributed by atoms with Crippen LogP contribution in [0.4, 0.5) is 5.69 Å². The number of anilines is 1. The molecule has 2 nitrogen and oxygen atoms in total. The number of ketones is 1. The highest BCUT2D eigenvalue weighted by atomic mass is 16.1. The summed E-state index contributed by atoms with van der Waals surface area (Å²) in [6.45, 7) is 9.34. The van der Waals surface area contributed by atoms with Crippen molar-refractivity contribution in [2.24, 2.45) is 0 Å². The molecule has 0 saturated heterocycles. The van der Waals surface area contributed by atoms with Gasteiger partial charge in [-0.2, -0.15) is 0 Å². The van der Waals surface area contributed by atoms with Crippen molar-refractivity contribution in [2.45, 2.75) is 46.0 Å². The minimum absolute atomic E-state index is 0.120. The predicted octanol–water partition coefficient (Wildman–Crippen LogP) is 5.21. The number of nitrogens with one attached hydrogen (secondary N) is 1. The van der Waals surface area contributed by atoms with Crippen LogP contribution in [0.25, 0.3) is 11.1 Å². The molecule has 120 valence electrons. The van der Waals surface area contributed by atoms with E-state index in [0.29, 0.717) is 0 Å². The summed E-state index contributed by atoms with van der Waals surface area (Å²) in [5, 5.41) is 3.46. The molecule has 2 heteroatoms. The molecular formula is C21H25NO. The van der Waals surface area contributed by atoms with Gasteiger partial charge in [-0.25, -0.2) is 0 Å². The van der Waals surface area contributed by atoms with Crippen molar-refractivity contribution < 1.29 is 4.79 Å². The van der Waals surface area contributed by atoms with Crippen molar-refractivity contribution in [3.8, 4) is 11.1 Å². The van der Waals surface area contributed by atoms with E-state index in [1.807, 2.05) is 6.07 Å². The van der Waals surface area contributed by atoms with E-state index in [1.54, 1.807) is 6.92 Å². The summed E-state index contributed by atoms with van der Waals surface area (Å²) < 4.78 is 0. The maximum absolute atomic E-state index is 12.2. The normalized spacial score (nSPS) is 15.7. The molecule has 0 spiro atoms. The van der Waals surface area contributed by atoms with Crippen molar-refractivity contribution in [1.29, 1.82) is 0 Å². The molecule has 0 radical (unpaired) electrons. The first-order valence-electron chi connectivity index (χ1n) is 8.45. The van der Waals surface area contributed by atoms with E-state index in [-0.39, 0.29) is 11.2 Å². The lowest BCUT2D eigenvalue weighted by molar-refractivity contribution is 0.101. The average molecular weight is 307 g/mol. The molecule has 1 aliphatic heterocycles. The van der Waals surface area contributed by atoms with Crippen molar-refractivity contribution in [1.82, 2.24) is 0 Å². The molecule has 2 aromatic carbocycles. The number of Topliss-reactive ketones (excluding diaryl/α,β-unsaturated/α-hetero) is 1. The van der Waals surface area contributed by atoms with Gasteiger partial charge in [0.2, 0.25) is 0 Å². The number of carbonyl (C=O) groups excluding carboxylic acids is 1. The molecule has 1 aliphatic rings. The lowest BCUT2D eigenvalue weighted by Crippen LogP contribution is -2.28. The van der Waals surface area contributed by atoms with Gasteiger partial charge in [-0.15, -0.1) is 0 Å². The summed E-state index contributed by atoms with van der Waals surface area (Å²) in [6.07, 6.45) is 2.11. The number of hydrogen-bond acceptors (Lipinski definition) is 2. The monoisotopic (exact) mass is 307 g/mol. The molecule has 0 fully saturated rings. The van der Waals surface area contributed by atoms with Crippen LogP contribution in [0, 0.1) is 0 Å². The van der Waals surface area contributed by atoms with Crippen LogP contribution in [-0.4, -0.2) is 12.3 Å². The van der Waals surface area contributed by atoms with E-state index in [9.17, 15) is 4.79 Å². The van der Waals surface area contributed by atoms with E-state index in [1.165, 1.54) is 11.1 Å². The van der Waals surface area contributed by atoms with Crippen molar-refractivity contribution in [3.63, 3.8) is 0 Å². The zero-order chi connectivity index (χ0) is 16.6. The first-order chi connectivity index (χ1) is 10.9. The third-order valence-corrected chi connectivity index (χ3v) is 4.98. The quantitative estimate of drug-likeness (QED) is 0.788. The van der Waals surface area contributed by atoms with Crippen molar-refractivity contribution >= 4 is 11.5 Å². The van der Waals surface area contributed by atoms with Gasteiger partial charge >= 0.3 is 0 Å². The molecule has 0 atom stereocenters. The molecule has 0 saturated carbocycles. The molecule has 0 unspecified atom stereocenters. The van der Waals surface area contributed by atoms with E-state index < -0.39 is 0 Å². The minimum Gasteiger partial charge on any atom is -0.385 e. The summed E-state index contributed by atoms with van der Waals surface area (Å²) in [4.78, 5) is 12.2. The first kappa shape index (κ1) is 15.8. The summed E-state index contributed by atoms with van der Waals surface area (Å²) in [7, 11) is 0. The van der Waals surface area contributed by atoms with Gasteiger partial charge in [-0.05, 0) is 59.6 Å². The topological polar surface area (TPSA) is 29.1 Å². The second kappa shape index (κ2) is 5.84. The maximum Gasteiger partial charge on any atom is 0.160 e. The number of carbonyl (C=O) groups is 1. The van der Waals surface area contributed by atoms with Gasteiger partial charge in [-0.1, -0.05) is 45.0 Å². The molecule has 1 N–H and O–H groups in total. The number of rotatable bonds is 3. The lowest BCUT2D eigenvalue weighted by atomic mass is 9.76. The number of benzene rings is 2. The first-order valence-corrected chi connectivity index (χ1v) is 8.45. The average Bonchev–Trinajstić information content (AvgIpc) is 2.53. The van der Waals surface area contributed by atoms with Gasteiger partial charge in [0.25, 0.3) is 0 Å². The highest BCUT2D eigenvalue weighted by molar-refractivity contribution is 6.02. The molecule has 0 amide bonds. The number of aryl methyl sites for hydroxylation is 1. The Labute approximate surface area is 138 Å². The van der Waals surface area contributed by atoms with Gasteiger partial charge in [0.1, 0.15) is 0 Å². The number of fused-ring (bicyclic) bond motifs is 1. The minimum atomic E-state index is 0.120. The van der Waals surface area contributed by atoms with E-state index >= 15 is 0 Å². The summed E-state index contributed by atoms with van der Waals surface area (Å²) in [6, 6.07) is 12.8. The molecule has 3 rings (SSSR count). The Hall–Kier alpha value is -2.09. The van der Waals surface area contributed by atoms with Crippen LogP contribution in [0.3, 0.4) is 0 Å². The highest BCUT2D eigenvalue weighted by Crippen LogP contribution is 2.40. The third-order valence-electron chi connectivity index (χ3n) is 4.98. The molecule has 23 heavy (non-hydrogen) atoms. The summed E-state index contributed by atoms with van der Waals surface area (Å²) in [5.41, 5.74) is 6.86. The van der Waals surface area contributed by atoms with Gasteiger partial charge in [0.15, 0.2) is 5.78 Å². The summed E-state index contributed by atoms with van der Waals surface area (Å²) >= 11 is 0. The largest absolute Gasteiger partial charge is 0.385 e. The molecule has 0 aliphatic carbocycles. The van der Waals surface area contributed by atoms with Gasteiger partial charge in [0.05, 0.1) is 0 Å². The molecule has 2 aromatic rings. The molecule has 0 aromatic heterocycles. The van der Waals surface area contributed by atoms with Crippen LogP contribution >= 0.6 is 0 Å². The Bertz CT molecular complexity index is 758. The molecular weight excluding hydrogens is 282 g/mol. The standard InChI is InChI=1S/C21H25NO/c1-5-15-7-6-8-16(11-15)18-12-19-20(13-17(18)14(2)23)22-10-9-21(19,3)4/h6-8,11-13,22H,5,9-10H2,1-4H3. The zero-order valence-corrected chi connectivity index (χ0v) is 14.5. The Balaban J connectivity index is 2.24. The third kappa shape index (κ3) is 2.90. The Morgan fingerprint density at radius 2 is 2.00 bits per heavy atom. The highest BCUT2D eigenvalue weighted by Gasteiger charge is 2.29. The van der Waals surface area contributed by atoms with Crippen LogP contribution in [0.1, 0.15) is 55.6 Å². The van der Waals surface area contributed by atoms with Crippen molar-refractivity contribution in [3.05, 3.63) is 53.1 Å². The van der Waals surface area contributed by atoms with Gasteiger partial charge in [-0.3, -0.25) is 4.79 Å². The Morgan fingerprint density at radius 3 is 2.70 bits per heavy atom. The van der Waals surface area contributed by atoms with Crippen LogP contribution in [0.5, 0.6) is 0 Å². The smallest absolute Gasteiger partial charge is 0.160 e. The molecule has 1 heterocycles. The summed E-state index contributed by atoms with van der Waals surface area (Å²) in [5.74, 6) is 0.120. The lowest BCUT2D eigenvalue weighted by Gasteiger charge is -2.34. The van der Waals surface area contributed by atoms with Gasteiger partial charge in [0, 0.05) is 17.8 Å². The fourth-order valence-corrected chi connectivity index (χ4v) is 3.44. The van der Waals surface area contributed by atoms with Crippen LogP contribution in [0.15, 0.2) is 36.4 Å². The predicted molar refractivity (Wildman–Crippen MR) is 97.4 cm³/mol. The Morgan fingerprint density at radius 1 is 1.22 bits per heavy atom. The number of hydrogen-bond donors (Lipinski definition) is 1. The van der Waals surface area contributed by atoms with Crippen molar-refractivity contribution in [2.75, 3.05) is 11.9 Å².